The van der Waals surface area contributed by atoms with Crippen molar-refractivity contribution >= 4 is 5.97 Å². The molecule has 0 unspecified atom stereocenters. The lowest BCUT2D eigenvalue weighted by Crippen LogP contribution is -2.50. The fourth-order valence-electron chi connectivity index (χ4n) is 2.08. The van der Waals surface area contributed by atoms with E-state index < -0.39 is 0 Å². The van der Waals surface area contributed by atoms with Gasteiger partial charge in [0.2, 0.25) is 0 Å². The maximum atomic E-state index is 12.0. The van der Waals surface area contributed by atoms with Crippen LogP contribution >= 0.6 is 0 Å². The Morgan fingerprint density at radius 3 is 2.59 bits per heavy atom. The Labute approximate surface area is 105 Å². The van der Waals surface area contributed by atoms with E-state index in [1.807, 2.05) is 20.8 Å². The van der Waals surface area contributed by atoms with E-state index in [9.17, 15) is 4.79 Å². The Hall–Kier alpha value is -0.610. The van der Waals surface area contributed by atoms with Crippen LogP contribution in [0.3, 0.4) is 0 Å². The highest BCUT2D eigenvalue weighted by atomic mass is 16.6. The van der Waals surface area contributed by atoms with E-state index in [-0.39, 0.29) is 17.5 Å². The zero-order chi connectivity index (χ0) is 13.1. The standard InChI is InChI=1S/C13H26N2O2/c1-6-15(5)11-7-10(8-14-9-11)12(16)17-13(2,3)4/h10-11,14H,6-9H2,1-5H3/t10-,11+/m0/s1. The lowest BCUT2D eigenvalue weighted by atomic mass is 9.94. The molecule has 0 amide bonds. The second-order valence-electron chi connectivity index (χ2n) is 5.85. The summed E-state index contributed by atoms with van der Waals surface area (Å²) in [5.41, 5.74) is -0.388. The van der Waals surface area contributed by atoms with Crippen LogP contribution in [0.5, 0.6) is 0 Å². The number of hydrogen-bond acceptors (Lipinski definition) is 4. The molecule has 0 saturated carbocycles. The van der Waals surface area contributed by atoms with Gasteiger partial charge in [-0.05, 0) is 40.8 Å². The molecule has 1 fully saturated rings. The van der Waals surface area contributed by atoms with Crippen LogP contribution in [0.4, 0.5) is 0 Å². The predicted octanol–water partition coefficient (Wildman–Crippen LogP) is 1.26. The molecular weight excluding hydrogens is 216 g/mol. The molecule has 2 atom stereocenters. The molecule has 17 heavy (non-hydrogen) atoms. The lowest BCUT2D eigenvalue weighted by molar-refractivity contribution is -0.161. The largest absolute Gasteiger partial charge is 0.460 e. The Morgan fingerprint density at radius 1 is 1.41 bits per heavy atom. The second-order valence-corrected chi connectivity index (χ2v) is 5.85. The van der Waals surface area contributed by atoms with Crippen LogP contribution in [0.15, 0.2) is 0 Å². The van der Waals surface area contributed by atoms with Crippen molar-refractivity contribution in [2.24, 2.45) is 5.92 Å². The van der Waals surface area contributed by atoms with Gasteiger partial charge >= 0.3 is 5.97 Å². The highest BCUT2D eigenvalue weighted by molar-refractivity contribution is 5.73. The molecule has 0 radical (unpaired) electrons. The van der Waals surface area contributed by atoms with Crippen molar-refractivity contribution in [2.75, 3.05) is 26.7 Å². The van der Waals surface area contributed by atoms with Gasteiger partial charge in [0.25, 0.3) is 0 Å². The summed E-state index contributed by atoms with van der Waals surface area (Å²) in [6.07, 6.45) is 0.895. The quantitative estimate of drug-likeness (QED) is 0.757. The van der Waals surface area contributed by atoms with Crippen molar-refractivity contribution in [1.29, 1.82) is 0 Å². The van der Waals surface area contributed by atoms with Crippen molar-refractivity contribution in [3.63, 3.8) is 0 Å². The van der Waals surface area contributed by atoms with Gasteiger partial charge in [-0.1, -0.05) is 6.92 Å². The number of piperidine rings is 1. The average molecular weight is 242 g/mol. The van der Waals surface area contributed by atoms with E-state index in [0.717, 1.165) is 26.1 Å². The summed E-state index contributed by atoms with van der Waals surface area (Å²) in [5.74, 6) is -0.0822. The molecule has 1 aliphatic heterocycles. The monoisotopic (exact) mass is 242 g/mol. The zero-order valence-electron chi connectivity index (χ0n) is 11.7. The fraction of sp³-hybridized carbons (Fsp3) is 0.923. The highest BCUT2D eigenvalue weighted by Crippen LogP contribution is 2.19. The molecule has 1 N–H and O–H groups in total. The van der Waals surface area contributed by atoms with Crippen LogP contribution in [0.2, 0.25) is 0 Å². The van der Waals surface area contributed by atoms with Crippen molar-refractivity contribution in [3.8, 4) is 0 Å². The molecule has 1 saturated heterocycles. The first-order chi connectivity index (χ1) is 7.83. The first kappa shape index (κ1) is 14.5. The number of ether oxygens (including phenoxy) is 1. The van der Waals surface area contributed by atoms with Crippen LogP contribution in [0.25, 0.3) is 0 Å². The van der Waals surface area contributed by atoms with E-state index in [2.05, 4.69) is 24.2 Å². The van der Waals surface area contributed by atoms with Crippen LogP contribution < -0.4 is 5.32 Å². The zero-order valence-corrected chi connectivity index (χ0v) is 11.7. The summed E-state index contributed by atoms with van der Waals surface area (Å²) in [7, 11) is 2.10. The van der Waals surface area contributed by atoms with Gasteiger partial charge in [-0.3, -0.25) is 4.79 Å². The Balaban J connectivity index is 2.52. The van der Waals surface area contributed by atoms with Gasteiger partial charge in [-0.25, -0.2) is 0 Å². The normalized spacial score (nSPS) is 26.0. The number of likely N-dealkylation sites (N-methyl/N-ethyl adjacent to an activating group) is 1. The van der Waals surface area contributed by atoms with Gasteiger partial charge < -0.3 is 15.0 Å². The second kappa shape index (κ2) is 5.83. The molecule has 0 aromatic rings. The minimum absolute atomic E-state index is 0.0121. The number of hydrogen-bond donors (Lipinski definition) is 1. The van der Waals surface area contributed by atoms with Gasteiger partial charge in [-0.15, -0.1) is 0 Å². The lowest BCUT2D eigenvalue weighted by Gasteiger charge is -2.35. The minimum atomic E-state index is -0.388. The smallest absolute Gasteiger partial charge is 0.310 e. The third-order valence-electron chi connectivity index (χ3n) is 3.19. The van der Waals surface area contributed by atoms with Crippen molar-refractivity contribution in [3.05, 3.63) is 0 Å². The molecule has 100 valence electrons. The summed E-state index contributed by atoms with van der Waals surface area (Å²) in [6, 6.07) is 0.436. The molecule has 0 aromatic carbocycles. The third kappa shape index (κ3) is 4.64. The third-order valence-corrected chi connectivity index (χ3v) is 3.19. The molecule has 4 nitrogen and oxygen atoms in total. The van der Waals surface area contributed by atoms with E-state index in [4.69, 9.17) is 4.74 Å². The van der Waals surface area contributed by atoms with Crippen LogP contribution in [-0.2, 0) is 9.53 Å². The van der Waals surface area contributed by atoms with Gasteiger partial charge in [-0.2, -0.15) is 0 Å². The van der Waals surface area contributed by atoms with Gasteiger partial charge in [0.05, 0.1) is 5.92 Å². The van der Waals surface area contributed by atoms with Gasteiger partial charge in [0.1, 0.15) is 5.60 Å². The van der Waals surface area contributed by atoms with Crippen molar-refractivity contribution < 1.29 is 9.53 Å². The van der Waals surface area contributed by atoms with Crippen LogP contribution in [0.1, 0.15) is 34.1 Å². The number of carbonyl (C=O) groups excluding carboxylic acids is 1. The molecule has 0 aliphatic carbocycles. The predicted molar refractivity (Wildman–Crippen MR) is 68.9 cm³/mol. The summed E-state index contributed by atoms with van der Waals surface area (Å²) in [4.78, 5) is 14.3. The van der Waals surface area contributed by atoms with E-state index in [1.54, 1.807) is 0 Å². The van der Waals surface area contributed by atoms with E-state index in [0.29, 0.717) is 6.04 Å². The van der Waals surface area contributed by atoms with Crippen LogP contribution in [0, 0.1) is 5.92 Å². The molecule has 0 aromatic heterocycles. The Bertz CT molecular complexity index is 261. The molecule has 0 spiro atoms. The number of nitrogens with one attached hydrogen (secondary N) is 1. The average Bonchev–Trinajstić information content (AvgIpc) is 2.26. The molecule has 1 aliphatic rings. The highest BCUT2D eigenvalue weighted by Gasteiger charge is 2.31. The summed E-state index contributed by atoms with van der Waals surface area (Å²) >= 11 is 0. The topological polar surface area (TPSA) is 41.6 Å². The van der Waals surface area contributed by atoms with Crippen molar-refractivity contribution in [1.82, 2.24) is 10.2 Å². The number of carbonyl (C=O) groups is 1. The Kier molecular flexibility index (Phi) is 4.95. The summed E-state index contributed by atoms with van der Waals surface area (Å²) in [6.45, 7) is 10.6. The maximum absolute atomic E-state index is 12.0. The molecule has 0 bridgehead atoms. The van der Waals surface area contributed by atoms with Gasteiger partial charge in [0, 0.05) is 19.1 Å². The van der Waals surface area contributed by atoms with E-state index in [1.165, 1.54) is 0 Å². The first-order valence-corrected chi connectivity index (χ1v) is 6.47. The first-order valence-electron chi connectivity index (χ1n) is 6.47. The van der Waals surface area contributed by atoms with E-state index >= 15 is 0 Å². The molecular formula is C13H26N2O2. The Morgan fingerprint density at radius 2 is 2.06 bits per heavy atom. The summed E-state index contributed by atoms with van der Waals surface area (Å²) in [5, 5.41) is 3.32. The number of esters is 1. The molecule has 1 rings (SSSR count). The molecule has 1 heterocycles. The van der Waals surface area contributed by atoms with Crippen LogP contribution in [-0.4, -0.2) is 49.2 Å². The fourth-order valence-corrected chi connectivity index (χ4v) is 2.08. The maximum Gasteiger partial charge on any atom is 0.310 e. The summed E-state index contributed by atoms with van der Waals surface area (Å²) < 4.78 is 5.44. The minimum Gasteiger partial charge on any atom is -0.460 e. The number of nitrogens with zero attached hydrogens (tertiary/aromatic N) is 1. The van der Waals surface area contributed by atoms with Gasteiger partial charge in [0.15, 0.2) is 0 Å². The molecule has 4 heteroatoms. The SMILES string of the molecule is CCN(C)[C@H]1CNC[C@@H](C(=O)OC(C)(C)C)C1. The van der Waals surface area contributed by atoms with Crippen molar-refractivity contribution in [2.45, 2.75) is 45.8 Å². The number of rotatable bonds is 3.